The van der Waals surface area contributed by atoms with Crippen molar-refractivity contribution in [1.29, 1.82) is 0 Å². The predicted octanol–water partition coefficient (Wildman–Crippen LogP) is 3.09. The van der Waals surface area contributed by atoms with Gasteiger partial charge in [0, 0.05) is 12.1 Å². The van der Waals surface area contributed by atoms with E-state index in [0.29, 0.717) is 24.3 Å². The lowest BCUT2D eigenvalue weighted by molar-refractivity contribution is -0.0437. The van der Waals surface area contributed by atoms with Crippen molar-refractivity contribution in [2.24, 2.45) is 0 Å². The molecule has 3 unspecified atom stereocenters. The zero-order chi connectivity index (χ0) is 13.2. The first kappa shape index (κ1) is 13.1. The summed E-state index contributed by atoms with van der Waals surface area (Å²) in [6.07, 6.45) is 6.80. The van der Waals surface area contributed by atoms with Crippen LogP contribution in [0.4, 0.5) is 0 Å². The zero-order valence-corrected chi connectivity index (χ0v) is 12.1. The minimum absolute atomic E-state index is 0.400. The normalized spacial score (nSPS) is 34.8. The van der Waals surface area contributed by atoms with Crippen molar-refractivity contribution >= 4 is 0 Å². The molecule has 0 aromatic heterocycles. The van der Waals surface area contributed by atoms with Crippen LogP contribution >= 0.6 is 0 Å². The topological polar surface area (TPSA) is 21.3 Å². The van der Waals surface area contributed by atoms with Gasteiger partial charge in [0.05, 0.1) is 12.2 Å². The Morgan fingerprint density at radius 1 is 1.00 bits per heavy atom. The van der Waals surface area contributed by atoms with Crippen molar-refractivity contribution in [3.8, 4) is 0 Å². The Bertz CT molecular complexity index is 421. The van der Waals surface area contributed by atoms with Gasteiger partial charge in [0.15, 0.2) is 0 Å². The van der Waals surface area contributed by atoms with Crippen LogP contribution in [0.1, 0.15) is 44.2 Å². The van der Waals surface area contributed by atoms with Crippen molar-refractivity contribution in [2.75, 3.05) is 0 Å². The molecule has 2 aliphatic rings. The summed E-state index contributed by atoms with van der Waals surface area (Å²) >= 11 is 0. The average Bonchev–Trinajstić information content (AvgIpc) is 2.37. The quantitative estimate of drug-likeness (QED) is 0.881. The monoisotopic (exact) mass is 259 g/mol. The third-order valence-electron chi connectivity index (χ3n) is 4.52. The van der Waals surface area contributed by atoms with E-state index in [9.17, 15) is 0 Å². The summed E-state index contributed by atoms with van der Waals surface area (Å²) in [6.45, 7) is 4.39. The van der Waals surface area contributed by atoms with Crippen LogP contribution in [0.25, 0.3) is 0 Å². The minimum Gasteiger partial charge on any atom is -0.375 e. The van der Waals surface area contributed by atoms with Gasteiger partial charge in [-0.15, -0.1) is 0 Å². The molecule has 1 heterocycles. The molecule has 1 saturated heterocycles. The maximum atomic E-state index is 5.82. The zero-order valence-electron chi connectivity index (χ0n) is 12.1. The van der Waals surface area contributed by atoms with Gasteiger partial charge in [-0.1, -0.05) is 24.3 Å². The van der Waals surface area contributed by atoms with Crippen molar-refractivity contribution < 1.29 is 4.74 Å². The first-order valence-electron chi connectivity index (χ1n) is 7.69. The van der Waals surface area contributed by atoms with Crippen LogP contribution in [-0.4, -0.2) is 24.3 Å². The third kappa shape index (κ3) is 3.18. The van der Waals surface area contributed by atoms with Crippen LogP contribution < -0.4 is 5.32 Å². The first-order chi connectivity index (χ1) is 9.20. The molecule has 1 aliphatic heterocycles. The van der Waals surface area contributed by atoms with Gasteiger partial charge in [-0.2, -0.15) is 0 Å². The molecule has 19 heavy (non-hydrogen) atoms. The van der Waals surface area contributed by atoms with Gasteiger partial charge >= 0.3 is 0 Å². The van der Waals surface area contributed by atoms with Gasteiger partial charge in [-0.3, -0.25) is 0 Å². The second kappa shape index (κ2) is 5.64. The van der Waals surface area contributed by atoms with Crippen LogP contribution in [0.5, 0.6) is 0 Å². The van der Waals surface area contributed by atoms with Gasteiger partial charge < -0.3 is 10.1 Å². The number of aryl methyl sites for hydroxylation is 1. The fourth-order valence-electron chi connectivity index (χ4n) is 3.71. The van der Waals surface area contributed by atoms with Crippen LogP contribution in [-0.2, 0) is 17.6 Å². The van der Waals surface area contributed by atoms with E-state index in [1.54, 1.807) is 11.1 Å². The summed E-state index contributed by atoms with van der Waals surface area (Å²) < 4.78 is 5.82. The molecule has 1 aromatic rings. The summed E-state index contributed by atoms with van der Waals surface area (Å²) in [4.78, 5) is 0. The predicted molar refractivity (Wildman–Crippen MR) is 78.4 cm³/mol. The van der Waals surface area contributed by atoms with E-state index >= 15 is 0 Å². The van der Waals surface area contributed by atoms with Crippen molar-refractivity contribution in [1.82, 2.24) is 5.32 Å². The highest BCUT2D eigenvalue weighted by Gasteiger charge is 2.27. The van der Waals surface area contributed by atoms with Gasteiger partial charge in [-0.25, -0.2) is 0 Å². The van der Waals surface area contributed by atoms with Crippen LogP contribution in [0.3, 0.4) is 0 Å². The van der Waals surface area contributed by atoms with Crippen molar-refractivity contribution in [3.05, 3.63) is 35.4 Å². The molecule has 0 spiro atoms. The van der Waals surface area contributed by atoms with E-state index in [1.807, 2.05) is 0 Å². The number of rotatable bonds is 2. The SMILES string of the molecule is CC1CC(NC2CCc3ccccc3C2)CC(C)O1. The molecule has 0 amide bonds. The molecular formula is C17H25NO. The molecule has 1 fully saturated rings. The molecule has 3 atom stereocenters. The molecule has 1 aromatic carbocycles. The molecule has 0 bridgehead atoms. The molecule has 0 saturated carbocycles. The van der Waals surface area contributed by atoms with E-state index < -0.39 is 0 Å². The highest BCUT2D eigenvalue weighted by Crippen LogP contribution is 2.24. The Hall–Kier alpha value is -0.860. The van der Waals surface area contributed by atoms with Crippen LogP contribution in [0, 0.1) is 0 Å². The summed E-state index contributed by atoms with van der Waals surface area (Å²) in [5.74, 6) is 0. The fourth-order valence-corrected chi connectivity index (χ4v) is 3.71. The number of hydrogen-bond donors (Lipinski definition) is 1. The van der Waals surface area contributed by atoms with Gasteiger partial charge in [0.2, 0.25) is 0 Å². The maximum absolute atomic E-state index is 5.82. The summed E-state index contributed by atoms with van der Waals surface area (Å²) in [7, 11) is 0. The Morgan fingerprint density at radius 2 is 1.68 bits per heavy atom. The fraction of sp³-hybridized carbons (Fsp3) is 0.647. The number of ether oxygens (including phenoxy) is 1. The standard InChI is InChI=1S/C17H25NO/c1-12-9-17(10-13(2)19-12)18-16-8-7-14-5-3-4-6-15(14)11-16/h3-6,12-13,16-18H,7-11H2,1-2H3. The Morgan fingerprint density at radius 3 is 2.42 bits per heavy atom. The smallest absolute Gasteiger partial charge is 0.0565 e. The lowest BCUT2D eigenvalue weighted by Crippen LogP contribution is -2.47. The molecule has 3 rings (SSSR count). The van der Waals surface area contributed by atoms with E-state index in [0.717, 1.165) is 12.8 Å². The Balaban J connectivity index is 1.60. The number of hydrogen-bond acceptors (Lipinski definition) is 2. The number of nitrogens with one attached hydrogen (secondary N) is 1. The molecule has 1 N–H and O–H groups in total. The Kier molecular flexibility index (Phi) is 3.90. The maximum Gasteiger partial charge on any atom is 0.0565 e. The highest BCUT2D eigenvalue weighted by atomic mass is 16.5. The Labute approximate surface area is 116 Å². The second-order valence-corrected chi connectivity index (χ2v) is 6.30. The highest BCUT2D eigenvalue weighted by molar-refractivity contribution is 5.30. The van der Waals surface area contributed by atoms with Crippen LogP contribution in [0.15, 0.2) is 24.3 Å². The molecule has 0 radical (unpaired) electrons. The molecule has 104 valence electrons. The van der Waals surface area contributed by atoms with E-state index in [-0.39, 0.29) is 0 Å². The molecule has 1 aliphatic carbocycles. The second-order valence-electron chi connectivity index (χ2n) is 6.30. The van der Waals surface area contributed by atoms with Gasteiger partial charge in [0.1, 0.15) is 0 Å². The molecule has 2 heteroatoms. The summed E-state index contributed by atoms with van der Waals surface area (Å²) in [5.41, 5.74) is 3.09. The number of benzene rings is 1. The van der Waals surface area contributed by atoms with Crippen LogP contribution in [0.2, 0.25) is 0 Å². The van der Waals surface area contributed by atoms with Gasteiger partial charge in [0.25, 0.3) is 0 Å². The minimum atomic E-state index is 0.400. The van der Waals surface area contributed by atoms with E-state index in [4.69, 9.17) is 4.74 Å². The number of fused-ring (bicyclic) bond motifs is 1. The molecular weight excluding hydrogens is 234 g/mol. The first-order valence-corrected chi connectivity index (χ1v) is 7.69. The summed E-state index contributed by atoms with van der Waals surface area (Å²) in [6, 6.07) is 10.2. The van der Waals surface area contributed by atoms with E-state index in [1.165, 1.54) is 19.3 Å². The van der Waals surface area contributed by atoms with E-state index in [2.05, 4.69) is 43.4 Å². The third-order valence-corrected chi connectivity index (χ3v) is 4.52. The summed E-state index contributed by atoms with van der Waals surface area (Å²) in [5, 5.41) is 3.88. The lowest BCUT2D eigenvalue weighted by Gasteiger charge is -2.36. The lowest BCUT2D eigenvalue weighted by atomic mass is 9.87. The van der Waals surface area contributed by atoms with Crippen molar-refractivity contribution in [2.45, 2.75) is 70.2 Å². The largest absolute Gasteiger partial charge is 0.375 e. The molecule has 2 nitrogen and oxygen atoms in total. The average molecular weight is 259 g/mol. The van der Waals surface area contributed by atoms with Crippen molar-refractivity contribution in [3.63, 3.8) is 0 Å². The van der Waals surface area contributed by atoms with Gasteiger partial charge in [-0.05, 0) is 57.1 Å².